The minimum atomic E-state index is -0.0499. The Labute approximate surface area is 134 Å². The molecule has 0 heterocycles. The Bertz CT molecular complexity index is 673. The molecule has 0 bridgehead atoms. The normalized spacial score (nSPS) is 10.6. The Morgan fingerprint density at radius 3 is 1.81 bits per heavy atom. The van der Waals surface area contributed by atoms with E-state index in [2.05, 4.69) is 21.2 Å². The second kappa shape index (κ2) is 6.02. The van der Waals surface area contributed by atoms with E-state index in [4.69, 9.17) is 0 Å². The van der Waals surface area contributed by atoms with E-state index in [-0.39, 0.29) is 5.91 Å². The Balaban J connectivity index is 2.35. The van der Waals surface area contributed by atoms with Gasteiger partial charge in [-0.05, 0) is 69.0 Å². The average molecular weight is 346 g/mol. The highest BCUT2D eigenvalue weighted by Gasteiger charge is 2.13. The van der Waals surface area contributed by atoms with Gasteiger partial charge in [0.15, 0.2) is 0 Å². The summed E-state index contributed by atoms with van der Waals surface area (Å²) in [6, 6.07) is 8.04. The number of hydrogen-bond acceptors (Lipinski definition) is 1. The van der Waals surface area contributed by atoms with Crippen LogP contribution < -0.4 is 5.32 Å². The number of rotatable bonds is 2. The fourth-order valence-electron chi connectivity index (χ4n) is 2.75. The number of halogens is 1. The van der Waals surface area contributed by atoms with Gasteiger partial charge in [-0.3, -0.25) is 4.79 Å². The summed E-state index contributed by atoms with van der Waals surface area (Å²) in [5, 5.41) is 3.01. The highest BCUT2D eigenvalue weighted by Crippen LogP contribution is 2.26. The van der Waals surface area contributed by atoms with Gasteiger partial charge in [0, 0.05) is 15.7 Å². The minimum absolute atomic E-state index is 0.0499. The second-order valence-corrected chi connectivity index (χ2v) is 6.44. The molecule has 0 radical (unpaired) electrons. The average Bonchev–Trinajstić information content (AvgIpc) is 2.34. The van der Waals surface area contributed by atoms with Gasteiger partial charge in [-0.1, -0.05) is 33.6 Å². The summed E-state index contributed by atoms with van der Waals surface area (Å²) in [6.07, 6.45) is 0. The van der Waals surface area contributed by atoms with E-state index in [1.54, 1.807) is 0 Å². The van der Waals surface area contributed by atoms with Crippen LogP contribution >= 0.6 is 15.9 Å². The van der Waals surface area contributed by atoms with Crippen LogP contribution in [-0.4, -0.2) is 5.91 Å². The zero-order chi connectivity index (χ0) is 15.7. The lowest BCUT2D eigenvalue weighted by Gasteiger charge is -2.13. The molecule has 0 saturated heterocycles. The molecule has 0 unspecified atom stereocenters. The van der Waals surface area contributed by atoms with Crippen molar-refractivity contribution < 1.29 is 4.79 Å². The summed E-state index contributed by atoms with van der Waals surface area (Å²) < 4.78 is 1.09. The Kier molecular flexibility index (Phi) is 4.52. The van der Waals surface area contributed by atoms with Crippen molar-refractivity contribution in [2.24, 2.45) is 0 Å². The quantitative estimate of drug-likeness (QED) is 0.791. The zero-order valence-electron chi connectivity index (χ0n) is 13.1. The van der Waals surface area contributed by atoms with Crippen LogP contribution in [0.1, 0.15) is 38.2 Å². The Morgan fingerprint density at radius 2 is 1.33 bits per heavy atom. The van der Waals surface area contributed by atoms with Gasteiger partial charge in [-0.15, -0.1) is 0 Å². The van der Waals surface area contributed by atoms with Crippen LogP contribution in [-0.2, 0) is 0 Å². The van der Waals surface area contributed by atoms with Crippen LogP contribution in [0.3, 0.4) is 0 Å². The van der Waals surface area contributed by atoms with E-state index in [0.717, 1.165) is 38.0 Å². The highest BCUT2D eigenvalue weighted by atomic mass is 79.9. The Morgan fingerprint density at radius 1 is 0.857 bits per heavy atom. The summed E-state index contributed by atoms with van der Waals surface area (Å²) >= 11 is 3.54. The molecule has 0 aliphatic carbocycles. The number of carbonyl (C=O) groups excluding carboxylic acids is 1. The monoisotopic (exact) mass is 345 g/mol. The van der Waals surface area contributed by atoms with Crippen LogP contribution in [0.4, 0.5) is 5.69 Å². The maximum absolute atomic E-state index is 12.6. The van der Waals surface area contributed by atoms with Crippen molar-refractivity contribution in [3.05, 3.63) is 62.1 Å². The summed E-state index contributed by atoms with van der Waals surface area (Å²) in [7, 11) is 0. The molecule has 2 aromatic carbocycles. The second-order valence-electron chi connectivity index (χ2n) is 5.65. The van der Waals surface area contributed by atoms with Crippen molar-refractivity contribution in [1.29, 1.82) is 0 Å². The van der Waals surface area contributed by atoms with E-state index < -0.39 is 0 Å². The van der Waals surface area contributed by atoms with Gasteiger partial charge in [0.1, 0.15) is 0 Å². The lowest BCUT2D eigenvalue weighted by molar-refractivity contribution is 0.102. The third-order valence-corrected chi connectivity index (χ3v) is 4.85. The SMILES string of the molecule is Cc1cc(C)c(C(=O)Nc2cc(C)c(Br)c(C)c2)c(C)c1. The number of anilines is 1. The maximum atomic E-state index is 12.6. The molecule has 2 nitrogen and oxygen atoms in total. The lowest BCUT2D eigenvalue weighted by Crippen LogP contribution is -2.15. The molecule has 1 amide bonds. The van der Waals surface area contributed by atoms with Gasteiger partial charge in [0.25, 0.3) is 5.91 Å². The fourth-order valence-corrected chi connectivity index (χ4v) is 2.98. The molecule has 0 aromatic heterocycles. The van der Waals surface area contributed by atoms with E-state index in [1.807, 2.05) is 58.9 Å². The van der Waals surface area contributed by atoms with Crippen LogP contribution in [0.25, 0.3) is 0 Å². The van der Waals surface area contributed by atoms with E-state index in [9.17, 15) is 4.79 Å². The van der Waals surface area contributed by atoms with Crippen molar-refractivity contribution in [3.8, 4) is 0 Å². The molecule has 1 N–H and O–H groups in total. The minimum Gasteiger partial charge on any atom is -0.322 e. The number of hydrogen-bond donors (Lipinski definition) is 1. The molecule has 0 saturated carbocycles. The molecule has 110 valence electrons. The number of benzene rings is 2. The van der Waals surface area contributed by atoms with E-state index >= 15 is 0 Å². The fraction of sp³-hybridized carbons (Fsp3) is 0.278. The van der Waals surface area contributed by atoms with Gasteiger partial charge in [-0.2, -0.15) is 0 Å². The number of carbonyl (C=O) groups is 1. The maximum Gasteiger partial charge on any atom is 0.256 e. The predicted molar refractivity (Wildman–Crippen MR) is 92.2 cm³/mol. The van der Waals surface area contributed by atoms with Gasteiger partial charge in [0.05, 0.1) is 0 Å². The molecule has 2 aromatic rings. The van der Waals surface area contributed by atoms with Crippen LogP contribution in [0.15, 0.2) is 28.7 Å². The largest absolute Gasteiger partial charge is 0.322 e. The topological polar surface area (TPSA) is 29.1 Å². The summed E-state index contributed by atoms with van der Waals surface area (Å²) in [5.41, 5.74) is 7.02. The lowest BCUT2D eigenvalue weighted by atomic mass is 9.99. The van der Waals surface area contributed by atoms with Crippen LogP contribution in [0, 0.1) is 34.6 Å². The molecule has 0 fully saturated rings. The Hall–Kier alpha value is -1.61. The molecule has 21 heavy (non-hydrogen) atoms. The molecular formula is C18H20BrNO. The summed E-state index contributed by atoms with van der Waals surface area (Å²) in [6.45, 7) is 10.0. The third kappa shape index (κ3) is 3.35. The molecule has 2 rings (SSSR count). The molecule has 0 aliphatic rings. The predicted octanol–water partition coefficient (Wildman–Crippen LogP) is 5.24. The van der Waals surface area contributed by atoms with Crippen molar-refractivity contribution >= 4 is 27.5 Å². The van der Waals surface area contributed by atoms with Gasteiger partial charge < -0.3 is 5.32 Å². The van der Waals surface area contributed by atoms with Gasteiger partial charge >= 0.3 is 0 Å². The molecule has 3 heteroatoms. The van der Waals surface area contributed by atoms with Crippen LogP contribution in [0.5, 0.6) is 0 Å². The first-order chi connectivity index (χ1) is 9.79. The smallest absolute Gasteiger partial charge is 0.256 e. The van der Waals surface area contributed by atoms with Crippen molar-refractivity contribution in [2.75, 3.05) is 5.32 Å². The van der Waals surface area contributed by atoms with Crippen LogP contribution in [0.2, 0.25) is 0 Å². The third-order valence-electron chi connectivity index (χ3n) is 3.60. The van der Waals surface area contributed by atoms with E-state index in [1.165, 1.54) is 5.56 Å². The molecular weight excluding hydrogens is 326 g/mol. The molecule has 0 atom stereocenters. The van der Waals surface area contributed by atoms with Gasteiger partial charge in [-0.25, -0.2) is 0 Å². The molecule has 0 spiro atoms. The first-order valence-electron chi connectivity index (χ1n) is 6.95. The van der Waals surface area contributed by atoms with Crippen molar-refractivity contribution in [3.63, 3.8) is 0 Å². The van der Waals surface area contributed by atoms with E-state index in [0.29, 0.717) is 0 Å². The first kappa shape index (κ1) is 15.8. The summed E-state index contributed by atoms with van der Waals surface area (Å²) in [4.78, 5) is 12.6. The first-order valence-corrected chi connectivity index (χ1v) is 7.75. The van der Waals surface area contributed by atoms with Gasteiger partial charge in [0.2, 0.25) is 0 Å². The molecule has 0 aliphatic heterocycles. The highest BCUT2D eigenvalue weighted by molar-refractivity contribution is 9.10. The zero-order valence-corrected chi connectivity index (χ0v) is 14.7. The van der Waals surface area contributed by atoms with Crippen molar-refractivity contribution in [1.82, 2.24) is 0 Å². The number of aryl methyl sites for hydroxylation is 5. The van der Waals surface area contributed by atoms with Crippen molar-refractivity contribution in [2.45, 2.75) is 34.6 Å². The number of nitrogens with one attached hydrogen (secondary N) is 1. The summed E-state index contributed by atoms with van der Waals surface area (Å²) in [5.74, 6) is -0.0499. The standard InChI is InChI=1S/C18H20BrNO/c1-10-6-11(2)16(12(3)7-10)18(21)20-15-8-13(4)17(19)14(5)9-15/h6-9H,1-5H3,(H,20,21). The number of amides is 1.